The number of rotatable bonds is 6. The third-order valence-corrected chi connectivity index (χ3v) is 6.14. The number of ether oxygens (including phenoxy) is 1. The van der Waals surface area contributed by atoms with Crippen LogP contribution in [0.4, 0.5) is 0 Å². The predicted molar refractivity (Wildman–Crippen MR) is 134 cm³/mol. The molecule has 4 rings (SSSR count). The maximum atomic E-state index is 13.6. The van der Waals surface area contributed by atoms with Crippen molar-refractivity contribution in [1.82, 2.24) is 4.57 Å². The number of esters is 1. The van der Waals surface area contributed by atoms with Gasteiger partial charge in [-0.2, -0.15) is 0 Å². The highest BCUT2D eigenvalue weighted by Gasteiger charge is 2.23. The Morgan fingerprint density at radius 3 is 2.30 bits per heavy atom. The van der Waals surface area contributed by atoms with E-state index in [1.54, 1.807) is 42.5 Å². The lowest BCUT2D eigenvalue weighted by atomic mass is 9.95. The van der Waals surface area contributed by atoms with Crippen molar-refractivity contribution in [3.8, 4) is 11.1 Å². The highest BCUT2D eigenvalue weighted by molar-refractivity contribution is 9.09. The molecule has 0 atom stereocenters. The summed E-state index contributed by atoms with van der Waals surface area (Å²) in [4.78, 5) is 38.5. The summed E-state index contributed by atoms with van der Waals surface area (Å²) >= 11 is 9.55. The van der Waals surface area contributed by atoms with E-state index in [1.807, 2.05) is 30.3 Å². The summed E-state index contributed by atoms with van der Waals surface area (Å²) in [6.45, 7) is 0.159. The first-order valence-corrected chi connectivity index (χ1v) is 11.6. The Morgan fingerprint density at radius 1 is 0.970 bits per heavy atom. The minimum absolute atomic E-state index is 0.0552. The molecule has 0 saturated heterocycles. The largest absolute Gasteiger partial charge is 0.465 e. The summed E-state index contributed by atoms with van der Waals surface area (Å²) in [5.41, 5.74) is 2.65. The lowest BCUT2D eigenvalue weighted by Gasteiger charge is -2.19. The number of Topliss-reactive ketones (excluding diaryl/α,β-unsaturated/α-hetero) is 1. The molecule has 33 heavy (non-hydrogen) atoms. The van der Waals surface area contributed by atoms with E-state index in [4.69, 9.17) is 16.3 Å². The second-order valence-electron chi connectivity index (χ2n) is 7.42. The molecule has 0 fully saturated rings. The lowest BCUT2D eigenvalue weighted by Crippen LogP contribution is -2.28. The quantitative estimate of drug-likeness (QED) is 0.183. The topological polar surface area (TPSA) is 65.4 Å². The minimum Gasteiger partial charge on any atom is -0.465 e. The molecule has 0 unspecified atom stereocenters. The molecule has 5 nitrogen and oxygen atoms in total. The van der Waals surface area contributed by atoms with E-state index in [0.29, 0.717) is 32.6 Å². The molecule has 0 aliphatic carbocycles. The van der Waals surface area contributed by atoms with Crippen molar-refractivity contribution in [3.05, 3.63) is 105 Å². The third-order valence-electron chi connectivity index (χ3n) is 5.40. The third kappa shape index (κ3) is 4.49. The number of halogens is 2. The van der Waals surface area contributed by atoms with Gasteiger partial charge in [-0.3, -0.25) is 14.2 Å². The fourth-order valence-electron chi connectivity index (χ4n) is 3.87. The summed E-state index contributed by atoms with van der Waals surface area (Å²) in [5.74, 6) is -0.665. The van der Waals surface area contributed by atoms with Crippen molar-refractivity contribution < 1.29 is 14.3 Å². The summed E-state index contributed by atoms with van der Waals surface area (Å²) < 4.78 is 6.24. The first-order chi connectivity index (χ1) is 15.9. The number of fused-ring (bicyclic) bond motifs is 1. The van der Waals surface area contributed by atoms with Gasteiger partial charge < -0.3 is 4.74 Å². The normalized spacial score (nSPS) is 10.9. The molecule has 0 saturated carbocycles. The van der Waals surface area contributed by atoms with E-state index in [-0.39, 0.29) is 23.2 Å². The fourth-order valence-corrected chi connectivity index (χ4v) is 4.30. The Morgan fingerprint density at radius 2 is 1.67 bits per heavy atom. The lowest BCUT2D eigenvalue weighted by molar-refractivity contribution is 0.0600. The molecule has 3 aromatic carbocycles. The zero-order valence-electron chi connectivity index (χ0n) is 17.7. The van der Waals surface area contributed by atoms with Gasteiger partial charge in [0.2, 0.25) is 0 Å². The fraction of sp³-hybridized carbons (Fsp3) is 0.115. The number of nitrogens with zero attached hydrogens (tertiary/aromatic N) is 1. The second kappa shape index (κ2) is 9.73. The molecule has 1 heterocycles. The van der Waals surface area contributed by atoms with E-state index in [2.05, 4.69) is 15.9 Å². The molecule has 0 N–H and O–H groups in total. The van der Waals surface area contributed by atoms with Crippen molar-refractivity contribution in [2.75, 3.05) is 12.4 Å². The van der Waals surface area contributed by atoms with E-state index in [9.17, 15) is 14.4 Å². The Kier molecular flexibility index (Phi) is 6.77. The van der Waals surface area contributed by atoms with Crippen molar-refractivity contribution in [1.29, 1.82) is 0 Å². The van der Waals surface area contributed by atoms with Crippen LogP contribution in [0.1, 0.15) is 26.4 Å². The maximum absolute atomic E-state index is 13.6. The van der Waals surface area contributed by atoms with Crippen LogP contribution in [0.5, 0.6) is 0 Å². The Labute approximate surface area is 203 Å². The molecular formula is C26H19BrClNO4. The average molecular weight is 525 g/mol. The van der Waals surface area contributed by atoms with E-state index >= 15 is 0 Å². The van der Waals surface area contributed by atoms with E-state index in [1.165, 1.54) is 11.7 Å². The average Bonchev–Trinajstić information content (AvgIpc) is 2.85. The molecule has 166 valence electrons. The number of methoxy groups -OCH3 is 1. The highest BCUT2D eigenvalue weighted by Crippen LogP contribution is 2.33. The van der Waals surface area contributed by atoms with Gasteiger partial charge in [-0.05, 0) is 46.8 Å². The minimum atomic E-state index is -0.442. The number of carbonyl (C=O) groups is 2. The SMILES string of the molecule is COC(=O)c1ccc(Cn2c(C(=O)CBr)c(-c3ccccc3)c3cc(Cl)ccc3c2=O)cc1. The Balaban J connectivity index is 2.00. The Hall–Kier alpha value is -3.22. The van der Waals surface area contributed by atoms with Crippen LogP contribution in [-0.2, 0) is 11.3 Å². The molecular weight excluding hydrogens is 506 g/mol. The number of carbonyl (C=O) groups excluding carboxylic acids is 2. The molecule has 1 aromatic heterocycles. The summed E-state index contributed by atoms with van der Waals surface area (Å²) in [6, 6.07) is 21.3. The molecule has 0 radical (unpaired) electrons. The number of alkyl halides is 1. The zero-order valence-corrected chi connectivity index (χ0v) is 20.0. The van der Waals surface area contributed by atoms with Gasteiger partial charge in [-0.25, -0.2) is 4.79 Å². The van der Waals surface area contributed by atoms with Crippen molar-refractivity contribution in [2.45, 2.75) is 6.54 Å². The van der Waals surface area contributed by atoms with Crippen LogP contribution in [0.15, 0.2) is 77.6 Å². The van der Waals surface area contributed by atoms with Crippen molar-refractivity contribution in [2.24, 2.45) is 0 Å². The maximum Gasteiger partial charge on any atom is 0.337 e. The molecule has 0 aliphatic heterocycles. The van der Waals surface area contributed by atoms with Crippen LogP contribution >= 0.6 is 27.5 Å². The molecule has 0 aliphatic rings. The van der Waals surface area contributed by atoms with Crippen molar-refractivity contribution in [3.63, 3.8) is 0 Å². The summed E-state index contributed by atoms with van der Waals surface area (Å²) in [5, 5.41) is 1.63. The van der Waals surface area contributed by atoms with Gasteiger partial charge in [0.1, 0.15) is 0 Å². The van der Waals surface area contributed by atoms with Gasteiger partial charge in [-0.1, -0.05) is 70.0 Å². The van der Waals surface area contributed by atoms with Gasteiger partial charge in [-0.15, -0.1) is 0 Å². The van der Waals surface area contributed by atoms with Gasteiger partial charge in [0.15, 0.2) is 5.78 Å². The first kappa shape index (κ1) is 23.0. The zero-order chi connectivity index (χ0) is 23.5. The highest BCUT2D eigenvalue weighted by atomic mass is 79.9. The van der Waals surface area contributed by atoms with Crippen LogP contribution in [-0.4, -0.2) is 28.8 Å². The van der Waals surface area contributed by atoms with E-state index in [0.717, 1.165) is 11.1 Å². The van der Waals surface area contributed by atoms with Gasteiger partial charge in [0, 0.05) is 16.0 Å². The molecule has 0 bridgehead atoms. The number of hydrogen-bond donors (Lipinski definition) is 0. The second-order valence-corrected chi connectivity index (χ2v) is 8.41. The van der Waals surface area contributed by atoms with Gasteiger partial charge >= 0.3 is 5.97 Å². The molecule has 4 aromatic rings. The van der Waals surface area contributed by atoms with Crippen LogP contribution in [0, 0.1) is 0 Å². The van der Waals surface area contributed by atoms with Gasteiger partial charge in [0.25, 0.3) is 5.56 Å². The monoisotopic (exact) mass is 523 g/mol. The number of benzene rings is 3. The predicted octanol–water partition coefficient (Wildman–Crippen LogP) is 5.73. The molecule has 0 amide bonds. The van der Waals surface area contributed by atoms with Crippen LogP contribution in [0.25, 0.3) is 21.9 Å². The first-order valence-electron chi connectivity index (χ1n) is 10.1. The molecule has 7 heteroatoms. The van der Waals surface area contributed by atoms with Gasteiger partial charge in [0.05, 0.1) is 30.2 Å². The van der Waals surface area contributed by atoms with E-state index < -0.39 is 5.97 Å². The molecule has 0 spiro atoms. The Bertz CT molecular complexity index is 1410. The standard InChI is InChI=1S/C26H19BrClNO4/c1-33-26(32)18-9-7-16(8-10-18)15-29-24(22(30)14-27)23(17-5-3-2-4-6-17)21-13-19(28)11-12-20(21)25(29)31/h2-13H,14-15H2,1H3. The summed E-state index contributed by atoms with van der Waals surface area (Å²) in [6.07, 6.45) is 0. The van der Waals surface area contributed by atoms with Crippen LogP contribution < -0.4 is 5.56 Å². The summed E-state index contributed by atoms with van der Waals surface area (Å²) in [7, 11) is 1.32. The smallest absolute Gasteiger partial charge is 0.337 e. The van der Waals surface area contributed by atoms with Crippen LogP contribution in [0.2, 0.25) is 5.02 Å². The number of ketones is 1. The number of aromatic nitrogens is 1. The van der Waals surface area contributed by atoms with Crippen molar-refractivity contribution >= 4 is 50.1 Å². The number of pyridine rings is 1. The number of hydrogen-bond acceptors (Lipinski definition) is 4. The van der Waals surface area contributed by atoms with Crippen LogP contribution in [0.3, 0.4) is 0 Å².